The van der Waals surface area contributed by atoms with E-state index >= 15 is 0 Å². The molecule has 1 rings (SSSR count). The van der Waals surface area contributed by atoms with Crippen molar-refractivity contribution >= 4 is 11.7 Å². The monoisotopic (exact) mass is 268 g/mol. The second-order valence-electron chi connectivity index (χ2n) is 6.32. The molecular weight excluding hydrogens is 240 g/mol. The van der Waals surface area contributed by atoms with Gasteiger partial charge in [-0.25, -0.2) is 0 Å². The summed E-state index contributed by atoms with van der Waals surface area (Å²) in [6, 6.07) is 0.146. The molecule has 0 bridgehead atoms. The minimum atomic E-state index is -0.354. The van der Waals surface area contributed by atoms with Crippen LogP contribution in [0, 0.1) is 11.8 Å². The second-order valence-corrected chi connectivity index (χ2v) is 6.32. The third kappa shape index (κ3) is 4.60. The molecule has 1 heterocycles. The van der Waals surface area contributed by atoms with Crippen LogP contribution in [0.1, 0.15) is 47.5 Å². The van der Waals surface area contributed by atoms with Crippen LogP contribution in [0.3, 0.4) is 0 Å². The summed E-state index contributed by atoms with van der Waals surface area (Å²) in [6.45, 7) is 11.3. The van der Waals surface area contributed by atoms with E-state index in [0.29, 0.717) is 18.5 Å². The molecule has 1 saturated heterocycles. The van der Waals surface area contributed by atoms with Crippen LogP contribution in [0.2, 0.25) is 0 Å². The fraction of sp³-hybridized carbons (Fsp3) is 0.867. The zero-order valence-electron chi connectivity index (χ0n) is 12.9. The third-order valence-electron chi connectivity index (χ3n) is 3.95. The van der Waals surface area contributed by atoms with Crippen LogP contribution in [0.25, 0.3) is 0 Å². The highest BCUT2D eigenvalue weighted by molar-refractivity contribution is 5.88. The van der Waals surface area contributed by atoms with E-state index in [1.54, 1.807) is 0 Å². The van der Waals surface area contributed by atoms with Crippen molar-refractivity contribution in [3.05, 3.63) is 0 Å². The Bertz CT molecular complexity index is 326. The number of likely N-dealkylation sites (tertiary alicyclic amines) is 1. The Labute approximate surface area is 116 Å². The molecule has 1 aliphatic heterocycles. The van der Waals surface area contributed by atoms with Gasteiger partial charge in [-0.3, -0.25) is 14.5 Å². The van der Waals surface area contributed by atoms with Crippen LogP contribution >= 0.6 is 0 Å². The summed E-state index contributed by atoms with van der Waals surface area (Å²) in [4.78, 5) is 25.8. The van der Waals surface area contributed by atoms with Crippen molar-refractivity contribution in [3.63, 3.8) is 0 Å². The van der Waals surface area contributed by atoms with E-state index in [1.807, 2.05) is 13.8 Å². The number of Topliss-reactive ketones (excluding diaryl/α,β-unsaturated/α-hetero) is 1. The number of amides is 1. The molecule has 0 aromatic carbocycles. The van der Waals surface area contributed by atoms with E-state index < -0.39 is 0 Å². The van der Waals surface area contributed by atoms with Gasteiger partial charge in [0.25, 0.3) is 0 Å². The molecule has 110 valence electrons. The molecule has 2 atom stereocenters. The molecule has 1 N–H and O–H groups in total. The van der Waals surface area contributed by atoms with E-state index in [2.05, 4.69) is 24.1 Å². The van der Waals surface area contributed by atoms with Crippen molar-refractivity contribution in [1.29, 1.82) is 0 Å². The molecule has 19 heavy (non-hydrogen) atoms. The quantitative estimate of drug-likeness (QED) is 0.799. The van der Waals surface area contributed by atoms with Crippen molar-refractivity contribution < 1.29 is 9.59 Å². The molecule has 2 unspecified atom stereocenters. The van der Waals surface area contributed by atoms with E-state index in [1.165, 1.54) is 13.3 Å². The van der Waals surface area contributed by atoms with Crippen LogP contribution < -0.4 is 5.32 Å². The molecule has 0 aromatic heterocycles. The van der Waals surface area contributed by atoms with Crippen molar-refractivity contribution in [2.24, 2.45) is 11.8 Å². The normalized spacial score (nSPS) is 21.9. The van der Waals surface area contributed by atoms with Gasteiger partial charge in [0.15, 0.2) is 5.78 Å². The summed E-state index contributed by atoms with van der Waals surface area (Å²) >= 11 is 0. The summed E-state index contributed by atoms with van der Waals surface area (Å²) < 4.78 is 0. The topological polar surface area (TPSA) is 49.4 Å². The lowest BCUT2D eigenvalue weighted by atomic mass is 10.0. The summed E-state index contributed by atoms with van der Waals surface area (Å²) in [5, 5.41) is 2.87. The van der Waals surface area contributed by atoms with Crippen molar-refractivity contribution in [2.45, 2.75) is 59.5 Å². The Morgan fingerprint density at radius 1 is 1.26 bits per heavy atom. The maximum absolute atomic E-state index is 12.1. The van der Waals surface area contributed by atoms with Gasteiger partial charge in [0.1, 0.15) is 0 Å². The smallest absolute Gasteiger partial charge is 0.234 e. The van der Waals surface area contributed by atoms with Crippen LogP contribution in [0.4, 0.5) is 0 Å². The highest BCUT2D eigenvalue weighted by atomic mass is 16.2. The standard InChI is InChI=1S/C15H28N2O2/c1-10(2)13-7-6-8-17(13)9-14(19)16-15(11(3)4)12(5)18/h10-11,13,15H,6-9H2,1-5H3,(H,16,19). The molecule has 0 saturated carbocycles. The van der Waals surface area contributed by atoms with Crippen molar-refractivity contribution in [2.75, 3.05) is 13.1 Å². The maximum atomic E-state index is 12.1. The van der Waals surface area contributed by atoms with Crippen LogP contribution in [0.5, 0.6) is 0 Å². The molecular formula is C15H28N2O2. The Morgan fingerprint density at radius 2 is 1.89 bits per heavy atom. The number of nitrogens with one attached hydrogen (secondary N) is 1. The molecule has 0 spiro atoms. The summed E-state index contributed by atoms with van der Waals surface area (Å²) in [6.07, 6.45) is 2.34. The van der Waals surface area contributed by atoms with Gasteiger partial charge in [0.2, 0.25) is 5.91 Å². The van der Waals surface area contributed by atoms with Gasteiger partial charge in [-0.15, -0.1) is 0 Å². The lowest BCUT2D eigenvalue weighted by Gasteiger charge is -2.28. The molecule has 0 radical (unpaired) electrons. The predicted octanol–water partition coefficient (Wildman–Crippen LogP) is 1.84. The Morgan fingerprint density at radius 3 is 2.37 bits per heavy atom. The first kappa shape index (κ1) is 16.2. The average molecular weight is 268 g/mol. The number of rotatable bonds is 6. The number of nitrogens with zero attached hydrogens (tertiary/aromatic N) is 1. The Hall–Kier alpha value is -0.900. The number of hydrogen-bond acceptors (Lipinski definition) is 3. The van der Waals surface area contributed by atoms with Gasteiger partial charge in [-0.2, -0.15) is 0 Å². The van der Waals surface area contributed by atoms with Gasteiger partial charge < -0.3 is 5.32 Å². The number of hydrogen-bond donors (Lipinski definition) is 1. The molecule has 0 aromatic rings. The highest BCUT2D eigenvalue weighted by Crippen LogP contribution is 2.23. The molecule has 4 nitrogen and oxygen atoms in total. The first-order valence-corrected chi connectivity index (χ1v) is 7.36. The predicted molar refractivity (Wildman–Crippen MR) is 76.9 cm³/mol. The van der Waals surface area contributed by atoms with Crippen LogP contribution in [-0.2, 0) is 9.59 Å². The van der Waals surface area contributed by atoms with Gasteiger partial charge in [-0.1, -0.05) is 27.7 Å². The van der Waals surface area contributed by atoms with E-state index in [0.717, 1.165) is 13.0 Å². The van der Waals surface area contributed by atoms with Crippen LogP contribution in [-0.4, -0.2) is 41.8 Å². The SMILES string of the molecule is CC(=O)C(NC(=O)CN1CCCC1C(C)C)C(C)C. The fourth-order valence-electron chi connectivity index (χ4n) is 2.94. The van der Waals surface area contributed by atoms with Crippen molar-refractivity contribution in [1.82, 2.24) is 10.2 Å². The first-order valence-electron chi connectivity index (χ1n) is 7.36. The lowest BCUT2D eigenvalue weighted by molar-refractivity contribution is -0.128. The molecule has 0 aliphatic carbocycles. The van der Waals surface area contributed by atoms with E-state index in [-0.39, 0.29) is 23.7 Å². The molecule has 1 amide bonds. The van der Waals surface area contributed by atoms with E-state index in [9.17, 15) is 9.59 Å². The summed E-state index contributed by atoms with van der Waals surface area (Å²) in [5.41, 5.74) is 0. The number of carbonyl (C=O) groups excluding carboxylic acids is 2. The summed E-state index contributed by atoms with van der Waals surface area (Å²) in [7, 11) is 0. The zero-order chi connectivity index (χ0) is 14.6. The van der Waals surface area contributed by atoms with Gasteiger partial charge in [0, 0.05) is 6.04 Å². The Kier molecular flexibility index (Phi) is 5.98. The molecule has 4 heteroatoms. The Balaban J connectivity index is 2.52. The van der Waals surface area contributed by atoms with E-state index in [4.69, 9.17) is 0 Å². The number of carbonyl (C=O) groups is 2. The van der Waals surface area contributed by atoms with Gasteiger partial charge in [0.05, 0.1) is 12.6 Å². The van der Waals surface area contributed by atoms with Crippen LogP contribution in [0.15, 0.2) is 0 Å². The lowest BCUT2D eigenvalue weighted by Crippen LogP contribution is -2.48. The minimum Gasteiger partial charge on any atom is -0.345 e. The van der Waals surface area contributed by atoms with Crippen molar-refractivity contribution in [3.8, 4) is 0 Å². The zero-order valence-corrected chi connectivity index (χ0v) is 12.9. The summed E-state index contributed by atoms with van der Waals surface area (Å²) in [5.74, 6) is 0.719. The first-order chi connectivity index (χ1) is 8.82. The van der Waals surface area contributed by atoms with Gasteiger partial charge in [-0.05, 0) is 38.1 Å². The third-order valence-corrected chi connectivity index (χ3v) is 3.95. The highest BCUT2D eigenvalue weighted by Gasteiger charge is 2.29. The molecule has 1 fully saturated rings. The minimum absolute atomic E-state index is 0.0264. The largest absolute Gasteiger partial charge is 0.345 e. The number of ketones is 1. The fourth-order valence-corrected chi connectivity index (χ4v) is 2.94. The molecule has 1 aliphatic rings. The maximum Gasteiger partial charge on any atom is 0.234 e. The van der Waals surface area contributed by atoms with Gasteiger partial charge >= 0.3 is 0 Å². The second kappa shape index (κ2) is 7.04. The average Bonchev–Trinajstić information content (AvgIpc) is 2.73.